The summed E-state index contributed by atoms with van der Waals surface area (Å²) in [6.07, 6.45) is -0.359. The van der Waals surface area contributed by atoms with Gasteiger partial charge in [-0.2, -0.15) is 0 Å². The van der Waals surface area contributed by atoms with E-state index >= 15 is 0 Å². The average Bonchev–Trinajstić information content (AvgIpc) is 2.26. The Hall–Kier alpha value is -1.34. The molecule has 1 heterocycles. The molecule has 0 bridgehead atoms. The fourth-order valence-electron chi connectivity index (χ4n) is 1.92. The van der Waals surface area contributed by atoms with Crippen LogP contribution in [-0.2, 0) is 9.53 Å². The maximum absolute atomic E-state index is 11.9. The van der Waals surface area contributed by atoms with Crippen molar-refractivity contribution < 1.29 is 24.5 Å². The van der Waals surface area contributed by atoms with Crippen molar-refractivity contribution in [2.45, 2.75) is 38.9 Å². The van der Waals surface area contributed by atoms with Crippen molar-refractivity contribution in [1.29, 1.82) is 0 Å². The Morgan fingerprint density at radius 2 is 1.60 bits per heavy atom. The zero-order valence-electron chi connectivity index (χ0n) is 12.5. The molecule has 0 aliphatic carbocycles. The van der Waals surface area contributed by atoms with Crippen LogP contribution in [0.4, 0.5) is 4.79 Å². The van der Waals surface area contributed by atoms with Crippen molar-refractivity contribution in [1.82, 2.24) is 9.80 Å². The summed E-state index contributed by atoms with van der Waals surface area (Å²) < 4.78 is 5.28. The molecule has 116 valence electrons. The Balaban J connectivity index is 2.44. The number of aliphatic hydroxyl groups is 1. The number of aliphatic carboxylic acids is 1. The highest BCUT2D eigenvalue weighted by Gasteiger charge is 2.34. The molecule has 1 unspecified atom stereocenters. The van der Waals surface area contributed by atoms with Gasteiger partial charge < -0.3 is 19.8 Å². The van der Waals surface area contributed by atoms with E-state index in [4.69, 9.17) is 9.84 Å². The predicted octanol–water partition coefficient (Wildman–Crippen LogP) is 0.375. The number of carboxylic acid groups (broad SMARTS) is 1. The molecule has 1 amide bonds. The summed E-state index contributed by atoms with van der Waals surface area (Å²) >= 11 is 0. The van der Waals surface area contributed by atoms with Gasteiger partial charge in [-0.05, 0) is 27.7 Å². The third kappa shape index (κ3) is 4.97. The second-order valence-electron chi connectivity index (χ2n) is 6.32. The zero-order chi connectivity index (χ0) is 15.6. The maximum atomic E-state index is 11.9. The van der Waals surface area contributed by atoms with E-state index < -0.39 is 17.2 Å². The van der Waals surface area contributed by atoms with Crippen LogP contribution in [-0.4, -0.2) is 76.0 Å². The summed E-state index contributed by atoms with van der Waals surface area (Å²) in [7, 11) is 0. The van der Waals surface area contributed by atoms with Crippen molar-refractivity contribution in [3.8, 4) is 0 Å². The normalized spacial score (nSPS) is 20.4. The van der Waals surface area contributed by atoms with Crippen molar-refractivity contribution in [3.05, 3.63) is 0 Å². The van der Waals surface area contributed by atoms with Crippen LogP contribution in [0.2, 0.25) is 0 Å². The number of hydrogen-bond acceptors (Lipinski definition) is 5. The minimum atomic E-state index is -1.77. The van der Waals surface area contributed by atoms with Crippen molar-refractivity contribution in [3.63, 3.8) is 0 Å². The second kappa shape index (κ2) is 5.97. The lowest BCUT2D eigenvalue weighted by Crippen LogP contribution is -2.55. The zero-order valence-corrected chi connectivity index (χ0v) is 12.5. The number of carboxylic acids is 1. The van der Waals surface area contributed by atoms with Crippen LogP contribution in [0.3, 0.4) is 0 Å². The van der Waals surface area contributed by atoms with E-state index in [1.54, 1.807) is 4.90 Å². The van der Waals surface area contributed by atoms with Crippen molar-refractivity contribution in [2.24, 2.45) is 0 Å². The van der Waals surface area contributed by atoms with E-state index in [-0.39, 0.29) is 12.6 Å². The van der Waals surface area contributed by atoms with Crippen LogP contribution in [0.25, 0.3) is 0 Å². The highest BCUT2D eigenvalue weighted by Crippen LogP contribution is 2.13. The van der Waals surface area contributed by atoms with E-state index in [1.165, 1.54) is 6.92 Å². The van der Waals surface area contributed by atoms with E-state index in [9.17, 15) is 14.7 Å². The van der Waals surface area contributed by atoms with Gasteiger partial charge in [-0.25, -0.2) is 9.59 Å². The first kappa shape index (κ1) is 16.7. The Bertz CT molecular complexity index is 367. The average molecular weight is 288 g/mol. The minimum Gasteiger partial charge on any atom is -0.479 e. The lowest BCUT2D eigenvalue weighted by Gasteiger charge is -2.37. The number of amides is 1. The molecular formula is C13H24N2O5. The molecule has 2 N–H and O–H groups in total. The van der Waals surface area contributed by atoms with Gasteiger partial charge >= 0.3 is 12.1 Å². The minimum absolute atomic E-state index is 0.0461. The summed E-state index contributed by atoms with van der Waals surface area (Å²) in [5.74, 6) is -1.24. The summed E-state index contributed by atoms with van der Waals surface area (Å²) in [4.78, 5) is 26.1. The Morgan fingerprint density at radius 1 is 1.10 bits per heavy atom. The third-order valence-corrected chi connectivity index (χ3v) is 3.02. The highest BCUT2D eigenvalue weighted by atomic mass is 16.6. The SMILES string of the molecule is CC(C)(C)OC(=O)N1CCN(CC(C)(O)C(=O)O)CC1. The molecule has 7 heteroatoms. The molecule has 7 nitrogen and oxygen atoms in total. The number of carbonyl (C=O) groups excluding carboxylic acids is 1. The fourth-order valence-corrected chi connectivity index (χ4v) is 1.92. The van der Waals surface area contributed by atoms with E-state index in [0.29, 0.717) is 26.2 Å². The van der Waals surface area contributed by atoms with Gasteiger partial charge in [0.15, 0.2) is 5.60 Å². The van der Waals surface area contributed by atoms with Crippen molar-refractivity contribution in [2.75, 3.05) is 32.7 Å². The molecule has 1 aliphatic rings. The second-order valence-corrected chi connectivity index (χ2v) is 6.32. The Morgan fingerprint density at radius 3 is 2.00 bits per heavy atom. The molecule has 1 fully saturated rings. The molecule has 0 saturated carbocycles. The number of hydrogen-bond donors (Lipinski definition) is 2. The molecule has 0 spiro atoms. The molecule has 0 aromatic carbocycles. The van der Waals surface area contributed by atoms with E-state index in [2.05, 4.69) is 0 Å². The molecule has 1 rings (SSSR count). The van der Waals surface area contributed by atoms with Gasteiger partial charge in [-0.3, -0.25) is 4.90 Å². The number of ether oxygens (including phenoxy) is 1. The number of piperazine rings is 1. The molecular weight excluding hydrogens is 264 g/mol. The van der Waals surface area contributed by atoms with Crippen LogP contribution < -0.4 is 0 Å². The van der Waals surface area contributed by atoms with Gasteiger partial charge in [0.25, 0.3) is 0 Å². The van der Waals surface area contributed by atoms with Crippen molar-refractivity contribution >= 4 is 12.1 Å². The number of nitrogens with zero attached hydrogens (tertiary/aromatic N) is 2. The largest absolute Gasteiger partial charge is 0.479 e. The quantitative estimate of drug-likeness (QED) is 0.780. The maximum Gasteiger partial charge on any atom is 0.410 e. The number of carbonyl (C=O) groups is 2. The summed E-state index contributed by atoms with van der Waals surface area (Å²) in [6.45, 7) is 8.71. The standard InChI is InChI=1S/C13H24N2O5/c1-12(2,3)20-11(18)15-7-5-14(6-8-15)9-13(4,19)10(16)17/h19H,5-9H2,1-4H3,(H,16,17). The highest BCUT2D eigenvalue weighted by molar-refractivity contribution is 5.76. The molecule has 0 radical (unpaired) electrons. The first-order valence-corrected chi connectivity index (χ1v) is 6.67. The molecule has 0 aromatic heterocycles. The number of rotatable bonds is 3. The van der Waals surface area contributed by atoms with Crippen LogP contribution in [0.5, 0.6) is 0 Å². The lowest BCUT2D eigenvalue weighted by molar-refractivity contribution is -0.158. The Labute approximate surface area is 119 Å². The van der Waals surface area contributed by atoms with Crippen LogP contribution in [0.15, 0.2) is 0 Å². The molecule has 20 heavy (non-hydrogen) atoms. The van der Waals surface area contributed by atoms with Crippen LogP contribution in [0.1, 0.15) is 27.7 Å². The smallest absolute Gasteiger partial charge is 0.410 e. The molecule has 1 saturated heterocycles. The van der Waals surface area contributed by atoms with Gasteiger partial charge in [-0.1, -0.05) is 0 Å². The van der Waals surface area contributed by atoms with Crippen LogP contribution in [0, 0.1) is 0 Å². The van der Waals surface area contributed by atoms with Crippen LogP contribution >= 0.6 is 0 Å². The summed E-state index contributed by atoms with van der Waals surface area (Å²) in [5, 5.41) is 18.6. The predicted molar refractivity (Wildman–Crippen MR) is 72.5 cm³/mol. The van der Waals surface area contributed by atoms with E-state index in [1.807, 2.05) is 25.7 Å². The summed E-state index contributed by atoms with van der Waals surface area (Å²) in [6, 6.07) is 0. The Kier molecular flexibility index (Phi) is 4.99. The summed E-state index contributed by atoms with van der Waals surface area (Å²) in [5.41, 5.74) is -2.30. The lowest BCUT2D eigenvalue weighted by atomic mass is 10.1. The van der Waals surface area contributed by atoms with Gasteiger partial charge in [0, 0.05) is 32.7 Å². The van der Waals surface area contributed by atoms with Gasteiger partial charge in [0.1, 0.15) is 5.60 Å². The van der Waals surface area contributed by atoms with Gasteiger partial charge in [0.05, 0.1) is 0 Å². The van der Waals surface area contributed by atoms with Gasteiger partial charge in [0.2, 0.25) is 0 Å². The molecule has 1 atom stereocenters. The topological polar surface area (TPSA) is 90.3 Å². The number of β-amino-alcohol motifs (C(OH)–C–C–N with tert-alkyl or cyclic N) is 1. The molecule has 0 aromatic rings. The van der Waals surface area contributed by atoms with E-state index in [0.717, 1.165) is 0 Å². The molecule has 1 aliphatic heterocycles. The first-order valence-electron chi connectivity index (χ1n) is 6.67. The van der Waals surface area contributed by atoms with Gasteiger partial charge in [-0.15, -0.1) is 0 Å². The monoisotopic (exact) mass is 288 g/mol. The first-order chi connectivity index (χ1) is 9.01. The fraction of sp³-hybridized carbons (Fsp3) is 0.846. The third-order valence-electron chi connectivity index (χ3n) is 3.02.